The summed E-state index contributed by atoms with van der Waals surface area (Å²) in [4.78, 5) is 12.9. The third kappa shape index (κ3) is 1.78. The lowest BCUT2D eigenvalue weighted by Gasteiger charge is -2.01. The Balaban J connectivity index is 2.07. The van der Waals surface area contributed by atoms with Gasteiger partial charge in [0.15, 0.2) is 0 Å². The first-order valence-corrected chi connectivity index (χ1v) is 5.64. The van der Waals surface area contributed by atoms with E-state index in [0.29, 0.717) is 5.88 Å². The Morgan fingerprint density at radius 2 is 2.29 bits per heavy atom. The summed E-state index contributed by atoms with van der Waals surface area (Å²) < 4.78 is 7.03. The Kier molecular flexibility index (Phi) is 2.15. The maximum atomic E-state index is 5.60. The molecule has 3 heterocycles. The van der Waals surface area contributed by atoms with Crippen LogP contribution < -0.4 is 10.5 Å². The SMILES string of the molecule is Cn1cnc(Oc2nc(N)nc3sccc23)n1. The van der Waals surface area contributed by atoms with Crippen LogP contribution in [0.4, 0.5) is 5.95 Å². The van der Waals surface area contributed by atoms with Crippen LogP contribution in [0.2, 0.25) is 0 Å². The van der Waals surface area contributed by atoms with Crippen molar-refractivity contribution in [2.24, 2.45) is 7.05 Å². The second-order valence-corrected chi connectivity index (χ2v) is 4.22. The first-order chi connectivity index (χ1) is 8.22. The minimum Gasteiger partial charge on any atom is -0.403 e. The predicted molar refractivity (Wildman–Crippen MR) is 62.9 cm³/mol. The topological polar surface area (TPSA) is 91.7 Å². The van der Waals surface area contributed by atoms with Gasteiger partial charge in [-0.25, -0.2) is 4.98 Å². The number of hydrogen-bond donors (Lipinski definition) is 1. The molecule has 86 valence electrons. The standard InChI is InChI=1S/C9H8N6OS/c1-15-4-11-9(14-15)16-6-5-2-3-17-7(5)13-8(10)12-6/h2-4H,1H3,(H2,10,12,13). The van der Waals surface area contributed by atoms with Crippen molar-refractivity contribution in [2.45, 2.75) is 0 Å². The smallest absolute Gasteiger partial charge is 0.342 e. The molecule has 0 amide bonds. The average molecular weight is 248 g/mol. The van der Waals surface area contributed by atoms with E-state index in [9.17, 15) is 0 Å². The molecule has 0 atom stereocenters. The maximum absolute atomic E-state index is 5.60. The predicted octanol–water partition coefficient (Wildman–Crippen LogP) is 1.19. The molecule has 7 nitrogen and oxygen atoms in total. The van der Waals surface area contributed by atoms with Crippen LogP contribution in [0.25, 0.3) is 10.2 Å². The molecule has 0 spiro atoms. The van der Waals surface area contributed by atoms with Crippen LogP contribution in [0.5, 0.6) is 11.9 Å². The molecule has 3 rings (SSSR count). The number of aryl methyl sites for hydroxylation is 1. The molecule has 0 saturated heterocycles. The quantitative estimate of drug-likeness (QED) is 0.732. The van der Waals surface area contributed by atoms with E-state index in [4.69, 9.17) is 10.5 Å². The van der Waals surface area contributed by atoms with Crippen molar-refractivity contribution < 1.29 is 4.74 Å². The Bertz CT molecular complexity index is 675. The highest BCUT2D eigenvalue weighted by atomic mass is 32.1. The van der Waals surface area contributed by atoms with Crippen molar-refractivity contribution in [3.63, 3.8) is 0 Å². The normalized spacial score (nSPS) is 10.9. The molecule has 0 fully saturated rings. The number of anilines is 1. The van der Waals surface area contributed by atoms with Gasteiger partial charge in [0, 0.05) is 7.05 Å². The van der Waals surface area contributed by atoms with Gasteiger partial charge in [0.1, 0.15) is 11.2 Å². The monoisotopic (exact) mass is 248 g/mol. The summed E-state index contributed by atoms with van der Waals surface area (Å²) in [6.45, 7) is 0. The molecular formula is C9H8N6OS. The summed E-state index contributed by atoms with van der Waals surface area (Å²) in [5, 5.41) is 6.72. The van der Waals surface area contributed by atoms with Gasteiger partial charge in [-0.1, -0.05) is 0 Å². The summed E-state index contributed by atoms with van der Waals surface area (Å²) in [7, 11) is 1.76. The molecule has 8 heteroatoms. The zero-order valence-corrected chi connectivity index (χ0v) is 9.68. The molecule has 0 unspecified atom stereocenters. The van der Waals surface area contributed by atoms with E-state index < -0.39 is 0 Å². The van der Waals surface area contributed by atoms with Crippen molar-refractivity contribution in [1.29, 1.82) is 0 Å². The fourth-order valence-corrected chi connectivity index (χ4v) is 2.14. The van der Waals surface area contributed by atoms with Crippen LogP contribution in [0, 0.1) is 0 Å². The highest BCUT2D eigenvalue weighted by molar-refractivity contribution is 7.16. The van der Waals surface area contributed by atoms with Crippen molar-refractivity contribution in [3.05, 3.63) is 17.8 Å². The number of thiophene rings is 1. The number of nitrogens with two attached hydrogens (primary N) is 1. The van der Waals surface area contributed by atoms with Crippen LogP contribution in [0.3, 0.4) is 0 Å². The van der Waals surface area contributed by atoms with E-state index in [-0.39, 0.29) is 12.0 Å². The molecule has 0 saturated carbocycles. The van der Waals surface area contributed by atoms with E-state index in [1.54, 1.807) is 18.1 Å². The zero-order valence-electron chi connectivity index (χ0n) is 8.86. The van der Waals surface area contributed by atoms with E-state index in [2.05, 4.69) is 20.1 Å². The van der Waals surface area contributed by atoms with Crippen molar-refractivity contribution >= 4 is 27.5 Å². The van der Waals surface area contributed by atoms with Gasteiger partial charge in [-0.3, -0.25) is 4.68 Å². The Hall–Kier alpha value is -2.22. The molecule has 17 heavy (non-hydrogen) atoms. The molecule has 0 bridgehead atoms. The van der Waals surface area contributed by atoms with Crippen molar-refractivity contribution in [2.75, 3.05) is 5.73 Å². The number of nitrogens with zero attached hydrogens (tertiary/aromatic N) is 5. The van der Waals surface area contributed by atoms with Crippen LogP contribution in [-0.4, -0.2) is 24.7 Å². The van der Waals surface area contributed by atoms with E-state index in [1.165, 1.54) is 11.3 Å². The highest BCUT2D eigenvalue weighted by Gasteiger charge is 2.11. The van der Waals surface area contributed by atoms with Crippen molar-refractivity contribution in [3.8, 4) is 11.9 Å². The summed E-state index contributed by atoms with van der Waals surface area (Å²) in [6.07, 6.45) is 1.55. The second-order valence-electron chi connectivity index (χ2n) is 3.33. The molecule has 3 aromatic rings. The summed E-state index contributed by atoms with van der Waals surface area (Å²) in [6, 6.07) is 2.11. The number of fused-ring (bicyclic) bond motifs is 1. The molecule has 3 aromatic heterocycles. The minimum atomic E-state index is 0.172. The summed E-state index contributed by atoms with van der Waals surface area (Å²) in [5.41, 5.74) is 5.60. The largest absolute Gasteiger partial charge is 0.403 e. The number of hydrogen-bond acceptors (Lipinski definition) is 7. The molecule has 0 aliphatic carbocycles. The number of nitrogen functional groups attached to an aromatic ring is 1. The number of aromatic nitrogens is 5. The number of rotatable bonds is 2. The zero-order chi connectivity index (χ0) is 11.8. The Morgan fingerprint density at radius 3 is 3.06 bits per heavy atom. The van der Waals surface area contributed by atoms with Crippen LogP contribution >= 0.6 is 11.3 Å². The minimum absolute atomic E-state index is 0.172. The molecular weight excluding hydrogens is 240 g/mol. The van der Waals surface area contributed by atoms with Gasteiger partial charge in [-0.15, -0.1) is 16.4 Å². The molecule has 2 N–H and O–H groups in total. The van der Waals surface area contributed by atoms with E-state index in [1.807, 2.05) is 11.4 Å². The third-order valence-corrected chi connectivity index (χ3v) is 2.88. The van der Waals surface area contributed by atoms with Crippen LogP contribution in [-0.2, 0) is 7.05 Å². The average Bonchev–Trinajstić information content (AvgIpc) is 2.87. The molecule has 0 aliphatic rings. The highest BCUT2D eigenvalue weighted by Crippen LogP contribution is 2.29. The first kappa shape index (κ1) is 9.97. The van der Waals surface area contributed by atoms with E-state index >= 15 is 0 Å². The van der Waals surface area contributed by atoms with Gasteiger partial charge in [0.25, 0.3) is 0 Å². The van der Waals surface area contributed by atoms with Gasteiger partial charge < -0.3 is 10.5 Å². The third-order valence-electron chi connectivity index (χ3n) is 2.07. The molecule has 0 radical (unpaired) electrons. The second kappa shape index (κ2) is 3.67. The van der Waals surface area contributed by atoms with Gasteiger partial charge in [-0.2, -0.15) is 9.97 Å². The Labute approximate surface area is 99.9 Å². The number of ether oxygens (including phenoxy) is 1. The maximum Gasteiger partial charge on any atom is 0.342 e. The lowest BCUT2D eigenvalue weighted by Crippen LogP contribution is -1.98. The van der Waals surface area contributed by atoms with Crippen LogP contribution in [0.15, 0.2) is 17.8 Å². The summed E-state index contributed by atoms with van der Waals surface area (Å²) >= 11 is 1.47. The fraction of sp³-hybridized carbons (Fsp3) is 0.111. The van der Waals surface area contributed by atoms with E-state index in [0.717, 1.165) is 10.2 Å². The van der Waals surface area contributed by atoms with Gasteiger partial charge in [0.2, 0.25) is 11.8 Å². The van der Waals surface area contributed by atoms with Gasteiger partial charge in [-0.05, 0) is 11.4 Å². The molecule has 0 aliphatic heterocycles. The van der Waals surface area contributed by atoms with Gasteiger partial charge in [0.05, 0.1) is 5.39 Å². The lowest BCUT2D eigenvalue weighted by molar-refractivity contribution is 0.428. The first-order valence-electron chi connectivity index (χ1n) is 4.76. The van der Waals surface area contributed by atoms with Crippen molar-refractivity contribution in [1.82, 2.24) is 24.7 Å². The van der Waals surface area contributed by atoms with Crippen LogP contribution in [0.1, 0.15) is 0 Å². The van der Waals surface area contributed by atoms with Gasteiger partial charge >= 0.3 is 6.01 Å². The lowest BCUT2D eigenvalue weighted by atomic mass is 10.4. The fourth-order valence-electron chi connectivity index (χ4n) is 1.37. The Morgan fingerprint density at radius 1 is 1.41 bits per heavy atom. The molecule has 0 aromatic carbocycles. The summed E-state index contributed by atoms with van der Waals surface area (Å²) in [5.74, 6) is 0.547.